The van der Waals surface area contributed by atoms with Crippen molar-refractivity contribution in [2.45, 2.75) is 51.1 Å². The van der Waals surface area contributed by atoms with Crippen LogP contribution in [0.5, 0.6) is 0 Å². The summed E-state index contributed by atoms with van der Waals surface area (Å²) in [6, 6.07) is 0. The summed E-state index contributed by atoms with van der Waals surface area (Å²) in [7, 11) is 0. The van der Waals surface area contributed by atoms with E-state index in [9.17, 15) is 0 Å². The van der Waals surface area contributed by atoms with Gasteiger partial charge in [-0.05, 0) is 19.8 Å². The van der Waals surface area contributed by atoms with Crippen molar-refractivity contribution in [3.05, 3.63) is 11.7 Å². The van der Waals surface area contributed by atoms with Crippen molar-refractivity contribution in [3.63, 3.8) is 0 Å². The molecule has 0 N–H and O–H groups in total. The van der Waals surface area contributed by atoms with E-state index in [1.165, 1.54) is 0 Å². The van der Waals surface area contributed by atoms with Crippen LogP contribution in [0.1, 0.15) is 37.4 Å². The lowest BCUT2D eigenvalue weighted by molar-refractivity contribution is -0.193. The number of nitrogens with zero attached hydrogens (tertiary/aromatic N) is 2. The van der Waals surface area contributed by atoms with Gasteiger partial charge >= 0.3 is 0 Å². The second-order valence-corrected chi connectivity index (χ2v) is 4.85. The lowest BCUT2D eigenvalue weighted by atomic mass is 9.92. The van der Waals surface area contributed by atoms with Gasteiger partial charge in [-0.1, -0.05) is 5.16 Å². The molecule has 1 saturated heterocycles. The van der Waals surface area contributed by atoms with Gasteiger partial charge in [-0.25, -0.2) is 0 Å². The van der Waals surface area contributed by atoms with Crippen molar-refractivity contribution in [1.29, 1.82) is 0 Å². The van der Waals surface area contributed by atoms with Crippen molar-refractivity contribution < 1.29 is 18.7 Å². The molecule has 1 aliphatic heterocycles. The van der Waals surface area contributed by atoms with Crippen LogP contribution in [0.15, 0.2) is 4.52 Å². The maximum absolute atomic E-state index is 5.78. The third-order valence-corrected chi connectivity index (χ3v) is 3.52. The molecule has 1 saturated carbocycles. The van der Waals surface area contributed by atoms with E-state index in [1.54, 1.807) is 6.92 Å². The molecule has 0 radical (unpaired) electrons. The fourth-order valence-corrected chi connectivity index (χ4v) is 2.57. The second kappa shape index (κ2) is 4.95. The van der Waals surface area contributed by atoms with Crippen LogP contribution in [-0.4, -0.2) is 35.2 Å². The molecule has 1 aromatic rings. The van der Waals surface area contributed by atoms with Gasteiger partial charge in [0.2, 0.25) is 0 Å². The normalized spacial score (nSPS) is 23.8. The zero-order chi connectivity index (χ0) is 12.4. The van der Waals surface area contributed by atoms with E-state index in [0.29, 0.717) is 31.5 Å². The van der Waals surface area contributed by atoms with Gasteiger partial charge in [0.15, 0.2) is 11.6 Å². The average molecular weight is 254 g/mol. The third-order valence-electron chi connectivity index (χ3n) is 3.52. The minimum absolute atomic E-state index is 0.232. The van der Waals surface area contributed by atoms with Gasteiger partial charge in [0.1, 0.15) is 6.61 Å². The van der Waals surface area contributed by atoms with Crippen molar-refractivity contribution >= 4 is 0 Å². The van der Waals surface area contributed by atoms with Crippen molar-refractivity contribution in [2.24, 2.45) is 0 Å². The fourth-order valence-electron chi connectivity index (χ4n) is 2.57. The molecule has 3 rings (SSSR count). The summed E-state index contributed by atoms with van der Waals surface area (Å²) in [5, 5.41) is 3.73. The van der Waals surface area contributed by atoms with Gasteiger partial charge in [0, 0.05) is 12.8 Å². The molecule has 6 nitrogen and oxygen atoms in total. The van der Waals surface area contributed by atoms with E-state index in [1.807, 2.05) is 0 Å². The smallest absolute Gasteiger partial charge is 0.252 e. The summed E-state index contributed by atoms with van der Waals surface area (Å²) in [6.45, 7) is 3.62. The Hall–Kier alpha value is -0.980. The first-order chi connectivity index (χ1) is 8.76. The first-order valence-electron chi connectivity index (χ1n) is 6.44. The molecule has 0 atom stereocenters. The Balaban J connectivity index is 1.45. The highest BCUT2D eigenvalue weighted by Crippen LogP contribution is 2.36. The third kappa shape index (κ3) is 2.55. The van der Waals surface area contributed by atoms with Crippen LogP contribution in [0.2, 0.25) is 0 Å². The molecule has 0 amide bonds. The average Bonchev–Trinajstić information content (AvgIpc) is 2.99. The Morgan fingerprint density at radius 3 is 2.61 bits per heavy atom. The van der Waals surface area contributed by atoms with Crippen LogP contribution in [-0.2, 0) is 20.8 Å². The number of ether oxygens (including phenoxy) is 3. The van der Waals surface area contributed by atoms with Crippen molar-refractivity contribution in [3.8, 4) is 0 Å². The summed E-state index contributed by atoms with van der Waals surface area (Å²) < 4.78 is 22.1. The minimum Gasteiger partial charge on any atom is -0.368 e. The Morgan fingerprint density at radius 1 is 1.28 bits per heavy atom. The molecule has 1 aliphatic carbocycles. The fraction of sp³-hybridized carbons (Fsp3) is 0.833. The Bertz CT molecular complexity index is 391. The highest BCUT2D eigenvalue weighted by atomic mass is 16.7. The number of hydrogen-bond acceptors (Lipinski definition) is 6. The Labute approximate surface area is 106 Å². The molecule has 2 aliphatic rings. The summed E-state index contributed by atoms with van der Waals surface area (Å²) in [5.74, 6) is 0.867. The number of rotatable bonds is 3. The summed E-state index contributed by atoms with van der Waals surface area (Å²) in [6.07, 6.45) is 3.94. The molecule has 0 unspecified atom stereocenters. The van der Waals surface area contributed by atoms with Crippen molar-refractivity contribution in [2.75, 3.05) is 13.2 Å². The maximum Gasteiger partial charge on any atom is 0.252 e. The lowest BCUT2D eigenvalue weighted by Gasteiger charge is -2.34. The summed E-state index contributed by atoms with van der Waals surface area (Å²) >= 11 is 0. The van der Waals surface area contributed by atoms with E-state index >= 15 is 0 Å². The SMILES string of the molecule is Cc1noc(COC2CCC3(CC2)OCCO3)n1. The first kappa shape index (κ1) is 12.1. The number of aryl methyl sites for hydroxylation is 1. The molecule has 2 heterocycles. The molecule has 2 fully saturated rings. The minimum atomic E-state index is -0.319. The van der Waals surface area contributed by atoms with E-state index in [-0.39, 0.29) is 11.9 Å². The number of hydrogen-bond donors (Lipinski definition) is 0. The van der Waals surface area contributed by atoms with Gasteiger partial charge in [-0.3, -0.25) is 0 Å². The molecule has 1 aromatic heterocycles. The van der Waals surface area contributed by atoms with Gasteiger partial charge < -0.3 is 18.7 Å². The number of aromatic nitrogens is 2. The standard InChI is InChI=1S/C12H18N2O4/c1-9-13-11(18-14-9)8-15-10-2-4-12(5-3-10)16-6-7-17-12/h10H,2-8H2,1H3. The highest BCUT2D eigenvalue weighted by molar-refractivity contribution is 4.84. The largest absolute Gasteiger partial charge is 0.368 e. The molecular formula is C12H18N2O4. The highest BCUT2D eigenvalue weighted by Gasteiger charge is 2.40. The van der Waals surface area contributed by atoms with Crippen molar-refractivity contribution in [1.82, 2.24) is 10.1 Å². The Kier molecular flexibility index (Phi) is 3.32. The van der Waals surface area contributed by atoms with Gasteiger partial charge in [-0.2, -0.15) is 4.98 Å². The van der Waals surface area contributed by atoms with Crippen LogP contribution in [0, 0.1) is 6.92 Å². The Morgan fingerprint density at radius 2 is 2.00 bits per heavy atom. The van der Waals surface area contributed by atoms with Gasteiger partial charge in [-0.15, -0.1) is 0 Å². The molecule has 0 aromatic carbocycles. The van der Waals surface area contributed by atoms with E-state index in [2.05, 4.69) is 10.1 Å². The predicted octanol–water partition coefficient (Wildman–Crippen LogP) is 1.58. The van der Waals surface area contributed by atoms with E-state index in [0.717, 1.165) is 25.7 Å². The van der Waals surface area contributed by atoms with Gasteiger partial charge in [0.05, 0.1) is 19.3 Å². The zero-order valence-electron chi connectivity index (χ0n) is 10.6. The van der Waals surface area contributed by atoms with E-state index < -0.39 is 0 Å². The molecule has 100 valence electrons. The topological polar surface area (TPSA) is 66.6 Å². The molecular weight excluding hydrogens is 236 g/mol. The molecule has 18 heavy (non-hydrogen) atoms. The second-order valence-electron chi connectivity index (χ2n) is 4.85. The monoisotopic (exact) mass is 254 g/mol. The molecule has 0 bridgehead atoms. The maximum atomic E-state index is 5.78. The first-order valence-corrected chi connectivity index (χ1v) is 6.44. The van der Waals surface area contributed by atoms with Crippen LogP contribution < -0.4 is 0 Å². The van der Waals surface area contributed by atoms with Crippen LogP contribution in [0.3, 0.4) is 0 Å². The summed E-state index contributed by atoms with van der Waals surface area (Å²) in [5.41, 5.74) is 0. The molecule has 6 heteroatoms. The van der Waals surface area contributed by atoms with Crippen LogP contribution >= 0.6 is 0 Å². The quantitative estimate of drug-likeness (QED) is 0.815. The lowest BCUT2D eigenvalue weighted by Crippen LogP contribution is -2.37. The van der Waals surface area contributed by atoms with E-state index in [4.69, 9.17) is 18.7 Å². The summed E-state index contributed by atoms with van der Waals surface area (Å²) in [4.78, 5) is 4.11. The molecule has 1 spiro atoms. The predicted molar refractivity (Wildman–Crippen MR) is 60.7 cm³/mol. The van der Waals surface area contributed by atoms with Crippen LogP contribution in [0.25, 0.3) is 0 Å². The zero-order valence-corrected chi connectivity index (χ0v) is 10.6. The van der Waals surface area contributed by atoms with Gasteiger partial charge in [0.25, 0.3) is 5.89 Å². The van der Waals surface area contributed by atoms with Crippen LogP contribution in [0.4, 0.5) is 0 Å².